The first-order valence-electron chi connectivity index (χ1n) is 9.35. The van der Waals surface area contributed by atoms with Gasteiger partial charge in [-0.25, -0.2) is 4.98 Å². The maximum atomic E-state index is 12.8. The summed E-state index contributed by atoms with van der Waals surface area (Å²) >= 11 is 6.00. The Hall–Kier alpha value is -2.85. The van der Waals surface area contributed by atoms with Crippen LogP contribution in [0.4, 0.5) is 19.0 Å². The first-order chi connectivity index (χ1) is 14.7. The molecule has 2 heterocycles. The molecule has 0 bridgehead atoms. The van der Waals surface area contributed by atoms with Crippen molar-refractivity contribution in [2.24, 2.45) is 0 Å². The molecule has 166 valence electrons. The second-order valence-corrected chi connectivity index (χ2v) is 7.30. The number of hydrogen-bond donors (Lipinski definition) is 1. The lowest BCUT2D eigenvalue weighted by atomic mass is 10.2. The zero-order chi connectivity index (χ0) is 22.6. The number of ether oxygens (including phenoxy) is 1. The third-order valence-corrected chi connectivity index (χ3v) is 5.07. The number of anilines is 1. The molecule has 2 amide bonds. The van der Waals surface area contributed by atoms with Gasteiger partial charge in [-0.3, -0.25) is 19.8 Å². The van der Waals surface area contributed by atoms with Gasteiger partial charge in [0, 0.05) is 37.9 Å². The van der Waals surface area contributed by atoms with Crippen LogP contribution in [0.3, 0.4) is 0 Å². The molecule has 1 aromatic carbocycles. The van der Waals surface area contributed by atoms with Gasteiger partial charge in [0.25, 0.3) is 5.91 Å². The Kier molecular flexibility index (Phi) is 7.01. The highest BCUT2D eigenvalue weighted by molar-refractivity contribution is 6.33. The fraction of sp³-hybridized carbons (Fsp3) is 0.350. The van der Waals surface area contributed by atoms with Crippen LogP contribution >= 0.6 is 11.6 Å². The summed E-state index contributed by atoms with van der Waals surface area (Å²) in [4.78, 5) is 31.8. The van der Waals surface area contributed by atoms with Crippen LogP contribution in [-0.2, 0) is 11.0 Å². The van der Waals surface area contributed by atoms with Gasteiger partial charge in [-0.2, -0.15) is 13.2 Å². The van der Waals surface area contributed by atoms with E-state index in [0.717, 1.165) is 12.3 Å². The summed E-state index contributed by atoms with van der Waals surface area (Å²) in [6, 6.07) is 7.22. The molecule has 11 heteroatoms. The van der Waals surface area contributed by atoms with E-state index in [4.69, 9.17) is 16.3 Å². The molecule has 0 saturated carbocycles. The predicted octanol–water partition coefficient (Wildman–Crippen LogP) is 2.84. The average Bonchev–Trinajstić information content (AvgIpc) is 2.73. The van der Waals surface area contributed by atoms with E-state index in [0.29, 0.717) is 37.5 Å². The van der Waals surface area contributed by atoms with Gasteiger partial charge >= 0.3 is 6.18 Å². The van der Waals surface area contributed by atoms with E-state index < -0.39 is 23.6 Å². The van der Waals surface area contributed by atoms with Crippen molar-refractivity contribution in [3.63, 3.8) is 0 Å². The number of hydrogen-bond acceptors (Lipinski definition) is 6. The van der Waals surface area contributed by atoms with Gasteiger partial charge in [0.05, 0.1) is 24.2 Å². The first kappa shape index (κ1) is 22.8. The van der Waals surface area contributed by atoms with Gasteiger partial charge in [-0.15, -0.1) is 0 Å². The fourth-order valence-corrected chi connectivity index (χ4v) is 3.41. The Bertz CT molecular complexity index is 946. The highest BCUT2D eigenvalue weighted by Gasteiger charge is 2.32. The van der Waals surface area contributed by atoms with Crippen molar-refractivity contribution in [1.29, 1.82) is 0 Å². The molecule has 1 fully saturated rings. The quantitative estimate of drug-likeness (QED) is 0.745. The maximum Gasteiger partial charge on any atom is 0.417 e. The van der Waals surface area contributed by atoms with Gasteiger partial charge in [-0.1, -0.05) is 11.6 Å². The minimum Gasteiger partial charge on any atom is -0.497 e. The van der Waals surface area contributed by atoms with Crippen LogP contribution < -0.4 is 15.0 Å². The summed E-state index contributed by atoms with van der Waals surface area (Å²) in [6.45, 7) is 1.80. The zero-order valence-electron chi connectivity index (χ0n) is 16.6. The van der Waals surface area contributed by atoms with Crippen LogP contribution in [0.2, 0.25) is 5.02 Å². The van der Waals surface area contributed by atoms with Crippen molar-refractivity contribution < 1.29 is 27.5 Å². The third-order valence-electron chi connectivity index (χ3n) is 4.79. The topological polar surface area (TPSA) is 74.8 Å². The zero-order valence-corrected chi connectivity index (χ0v) is 17.3. The van der Waals surface area contributed by atoms with Crippen LogP contribution in [0.1, 0.15) is 15.9 Å². The van der Waals surface area contributed by atoms with Crippen molar-refractivity contribution in [3.05, 3.63) is 52.7 Å². The van der Waals surface area contributed by atoms with Crippen molar-refractivity contribution in [1.82, 2.24) is 15.2 Å². The van der Waals surface area contributed by atoms with Crippen LogP contribution in [-0.4, -0.2) is 61.5 Å². The molecule has 0 aliphatic carbocycles. The molecule has 1 aromatic heterocycles. The molecule has 1 aliphatic rings. The van der Waals surface area contributed by atoms with E-state index in [1.807, 2.05) is 4.90 Å². The first-order valence-corrected chi connectivity index (χ1v) is 9.73. The number of nitrogens with one attached hydrogen (secondary N) is 1. The molecule has 1 N–H and O–H groups in total. The number of carbonyl (C=O) groups excluding carboxylic acids is 2. The summed E-state index contributed by atoms with van der Waals surface area (Å²) < 4.78 is 43.3. The van der Waals surface area contributed by atoms with Gasteiger partial charge < -0.3 is 9.64 Å². The minimum atomic E-state index is -4.51. The third kappa shape index (κ3) is 5.86. The molecule has 0 spiro atoms. The average molecular weight is 457 g/mol. The number of benzene rings is 1. The van der Waals surface area contributed by atoms with Gasteiger partial charge in [0.1, 0.15) is 11.6 Å². The number of piperazine rings is 1. The van der Waals surface area contributed by atoms with E-state index >= 15 is 0 Å². The molecule has 2 aromatic rings. The van der Waals surface area contributed by atoms with Gasteiger partial charge in [0.15, 0.2) is 0 Å². The lowest BCUT2D eigenvalue weighted by Crippen LogP contribution is -2.50. The highest BCUT2D eigenvalue weighted by Crippen LogP contribution is 2.33. The summed E-state index contributed by atoms with van der Waals surface area (Å²) in [7, 11) is 1.51. The highest BCUT2D eigenvalue weighted by atomic mass is 35.5. The summed E-state index contributed by atoms with van der Waals surface area (Å²) in [6.07, 6.45) is -3.75. The maximum absolute atomic E-state index is 12.8. The Balaban J connectivity index is 1.50. The number of alkyl halides is 3. The summed E-state index contributed by atoms with van der Waals surface area (Å²) in [5, 5.41) is 2.26. The van der Waals surface area contributed by atoms with E-state index in [1.54, 1.807) is 29.2 Å². The number of methoxy groups -OCH3 is 1. The van der Waals surface area contributed by atoms with E-state index in [1.165, 1.54) is 7.11 Å². The van der Waals surface area contributed by atoms with E-state index in [2.05, 4.69) is 10.3 Å². The molecule has 0 unspecified atom stereocenters. The number of pyridine rings is 1. The smallest absolute Gasteiger partial charge is 0.417 e. The predicted molar refractivity (Wildman–Crippen MR) is 108 cm³/mol. The number of nitrogens with zero attached hydrogens (tertiary/aromatic N) is 3. The normalized spacial score (nSPS) is 14.9. The summed E-state index contributed by atoms with van der Waals surface area (Å²) in [5.41, 5.74) is -0.569. The van der Waals surface area contributed by atoms with Crippen molar-refractivity contribution in [2.75, 3.05) is 44.7 Å². The fourth-order valence-electron chi connectivity index (χ4n) is 3.12. The van der Waals surface area contributed by atoms with Crippen molar-refractivity contribution in [2.45, 2.75) is 6.18 Å². The molecule has 31 heavy (non-hydrogen) atoms. The number of aromatic nitrogens is 1. The van der Waals surface area contributed by atoms with Crippen LogP contribution in [0.25, 0.3) is 0 Å². The van der Waals surface area contributed by atoms with Crippen molar-refractivity contribution >= 4 is 29.2 Å². The second-order valence-electron chi connectivity index (χ2n) is 6.90. The molecule has 1 aliphatic heterocycles. The monoisotopic (exact) mass is 456 g/mol. The standard InChI is InChI=1S/C20H20ClF3N4O3/c1-31-15-4-2-13(3-5-15)19(30)26-17(29)12-27-6-8-28(9-7-27)18-16(21)10-14(11-25-18)20(22,23)24/h2-5,10-11H,6-9,12H2,1H3,(H,26,29,30). The number of amides is 2. The Morgan fingerprint density at radius 2 is 1.81 bits per heavy atom. The van der Waals surface area contributed by atoms with Gasteiger partial charge in [-0.05, 0) is 30.3 Å². The number of carbonyl (C=O) groups is 2. The summed E-state index contributed by atoms with van der Waals surface area (Å²) in [5.74, 6) is -0.0798. The Morgan fingerprint density at radius 1 is 1.16 bits per heavy atom. The molecule has 0 radical (unpaired) electrons. The van der Waals surface area contributed by atoms with E-state index in [-0.39, 0.29) is 17.4 Å². The number of imide groups is 1. The molecule has 0 atom stereocenters. The molecular formula is C20H20ClF3N4O3. The minimum absolute atomic E-state index is 0.0178. The largest absolute Gasteiger partial charge is 0.497 e. The van der Waals surface area contributed by atoms with Crippen LogP contribution in [0.5, 0.6) is 5.75 Å². The molecule has 7 nitrogen and oxygen atoms in total. The lowest BCUT2D eigenvalue weighted by molar-refractivity contribution is -0.137. The molecule has 1 saturated heterocycles. The lowest BCUT2D eigenvalue weighted by Gasteiger charge is -2.35. The molecule has 3 rings (SSSR count). The van der Waals surface area contributed by atoms with E-state index in [9.17, 15) is 22.8 Å². The number of rotatable bonds is 5. The molecular weight excluding hydrogens is 437 g/mol. The second kappa shape index (κ2) is 9.52. The van der Waals surface area contributed by atoms with Crippen molar-refractivity contribution in [3.8, 4) is 5.75 Å². The van der Waals surface area contributed by atoms with Crippen LogP contribution in [0, 0.1) is 0 Å². The Labute approximate surface area is 181 Å². The van der Waals surface area contributed by atoms with Gasteiger partial charge in [0.2, 0.25) is 5.91 Å². The van der Waals surface area contributed by atoms with Crippen LogP contribution in [0.15, 0.2) is 36.5 Å². The SMILES string of the molecule is COc1ccc(C(=O)NC(=O)CN2CCN(c3ncc(C(F)(F)F)cc3Cl)CC2)cc1. The Morgan fingerprint density at radius 3 is 2.35 bits per heavy atom. The number of halogens is 4.